The minimum absolute atomic E-state index is 0.0193. The highest BCUT2D eigenvalue weighted by Crippen LogP contribution is 2.39. The van der Waals surface area contributed by atoms with Crippen molar-refractivity contribution < 1.29 is 13.5 Å². The Morgan fingerprint density at radius 3 is 2.56 bits per heavy atom. The molecule has 1 aromatic carbocycles. The number of piperidine rings is 1. The Morgan fingerprint density at radius 2 is 1.85 bits per heavy atom. The van der Waals surface area contributed by atoms with Gasteiger partial charge in [0, 0.05) is 17.8 Å². The summed E-state index contributed by atoms with van der Waals surface area (Å²) in [6.07, 6.45) is 9.12. The Kier molecular flexibility index (Phi) is 8.55. The number of pyridine rings is 1. The molecule has 0 unspecified atom stereocenters. The standard InChI is InChI=1S/C30H38F2N6O/c1-4-5-6-11-37-12-9-21(10-13-37)22-7-8-27(33-18-22)35-30-34-19-25(32)28(36-30)23-16-24(31)29-26(17-23)38(20(2)3)14-15-39-29/h7-8,16-21H,4-6,9-15H2,1-3H3,(H,33,34,35,36). The Morgan fingerprint density at radius 1 is 1.03 bits per heavy atom. The van der Waals surface area contributed by atoms with Gasteiger partial charge in [0.2, 0.25) is 5.95 Å². The number of likely N-dealkylation sites (tertiary alicyclic amines) is 1. The zero-order valence-corrected chi connectivity index (χ0v) is 23.1. The van der Waals surface area contributed by atoms with Gasteiger partial charge >= 0.3 is 0 Å². The number of anilines is 3. The highest BCUT2D eigenvalue weighted by atomic mass is 19.1. The van der Waals surface area contributed by atoms with Gasteiger partial charge in [-0.1, -0.05) is 25.8 Å². The molecule has 208 valence electrons. The van der Waals surface area contributed by atoms with Crippen LogP contribution in [0.25, 0.3) is 11.3 Å². The maximum Gasteiger partial charge on any atom is 0.229 e. The first kappa shape index (κ1) is 27.2. The molecule has 1 N–H and O–H groups in total. The van der Waals surface area contributed by atoms with Gasteiger partial charge in [-0.05, 0) is 82.4 Å². The van der Waals surface area contributed by atoms with Gasteiger partial charge < -0.3 is 19.9 Å². The van der Waals surface area contributed by atoms with Crippen molar-refractivity contribution >= 4 is 17.5 Å². The summed E-state index contributed by atoms with van der Waals surface area (Å²) in [6.45, 7) is 10.8. The molecule has 4 heterocycles. The Labute approximate surface area is 229 Å². The van der Waals surface area contributed by atoms with Crippen LogP contribution in [0.5, 0.6) is 5.75 Å². The van der Waals surface area contributed by atoms with Gasteiger partial charge in [0.15, 0.2) is 17.4 Å². The van der Waals surface area contributed by atoms with Gasteiger partial charge in [0.25, 0.3) is 0 Å². The molecule has 7 nitrogen and oxygen atoms in total. The van der Waals surface area contributed by atoms with Crippen molar-refractivity contribution in [3.63, 3.8) is 0 Å². The number of aromatic nitrogens is 3. The second kappa shape index (κ2) is 12.2. The summed E-state index contributed by atoms with van der Waals surface area (Å²) in [5.74, 6) is 0.307. The molecule has 0 saturated carbocycles. The Bertz CT molecular complexity index is 1260. The average molecular weight is 537 g/mol. The molecule has 1 fully saturated rings. The van der Waals surface area contributed by atoms with Gasteiger partial charge in [-0.3, -0.25) is 0 Å². The molecule has 1 saturated heterocycles. The highest BCUT2D eigenvalue weighted by Gasteiger charge is 2.26. The van der Waals surface area contributed by atoms with Crippen molar-refractivity contribution in [2.75, 3.05) is 43.0 Å². The van der Waals surface area contributed by atoms with Gasteiger partial charge in [0.1, 0.15) is 18.1 Å². The Balaban J connectivity index is 1.28. The van der Waals surface area contributed by atoms with Crippen LogP contribution < -0.4 is 15.0 Å². The fourth-order valence-electron chi connectivity index (χ4n) is 5.52. The van der Waals surface area contributed by atoms with Crippen molar-refractivity contribution in [1.82, 2.24) is 19.9 Å². The smallest absolute Gasteiger partial charge is 0.229 e. The number of hydrogen-bond donors (Lipinski definition) is 1. The summed E-state index contributed by atoms with van der Waals surface area (Å²) in [4.78, 5) is 17.7. The maximum absolute atomic E-state index is 15.0. The predicted octanol–water partition coefficient (Wildman–Crippen LogP) is 6.54. The number of rotatable bonds is 9. The molecule has 9 heteroatoms. The molecule has 0 spiro atoms. The summed E-state index contributed by atoms with van der Waals surface area (Å²) >= 11 is 0. The maximum atomic E-state index is 15.0. The van der Waals surface area contributed by atoms with Gasteiger partial charge in [-0.15, -0.1) is 0 Å². The number of nitrogens with one attached hydrogen (secondary N) is 1. The van der Waals surface area contributed by atoms with Gasteiger partial charge in [-0.2, -0.15) is 0 Å². The van der Waals surface area contributed by atoms with Crippen molar-refractivity contribution in [2.45, 2.75) is 64.8 Å². The van der Waals surface area contributed by atoms with Crippen LogP contribution >= 0.6 is 0 Å². The molecule has 0 amide bonds. The van der Waals surface area contributed by atoms with E-state index in [2.05, 4.69) is 38.2 Å². The third kappa shape index (κ3) is 6.30. The highest BCUT2D eigenvalue weighted by molar-refractivity contribution is 5.73. The molecular weight excluding hydrogens is 498 g/mol. The first-order valence-corrected chi connectivity index (χ1v) is 14.1. The van der Waals surface area contributed by atoms with Crippen molar-refractivity contribution in [2.24, 2.45) is 0 Å². The fourth-order valence-corrected chi connectivity index (χ4v) is 5.52. The second-order valence-electron chi connectivity index (χ2n) is 10.8. The number of hydrogen-bond acceptors (Lipinski definition) is 7. The van der Waals surface area contributed by atoms with E-state index in [0.29, 0.717) is 36.1 Å². The Hall–Kier alpha value is -3.33. The number of unbranched alkanes of at least 4 members (excludes halogenated alkanes) is 2. The first-order valence-electron chi connectivity index (χ1n) is 14.1. The minimum atomic E-state index is -0.628. The molecular formula is C30H38F2N6O. The van der Waals surface area contributed by atoms with Crippen LogP contribution in [0.15, 0.2) is 36.7 Å². The lowest BCUT2D eigenvalue weighted by molar-refractivity contribution is 0.208. The molecule has 5 rings (SSSR count). The largest absolute Gasteiger partial charge is 0.486 e. The van der Waals surface area contributed by atoms with E-state index >= 15 is 0 Å². The summed E-state index contributed by atoms with van der Waals surface area (Å²) in [7, 11) is 0. The normalized spacial score (nSPS) is 16.3. The first-order chi connectivity index (χ1) is 18.9. The van der Waals surface area contributed by atoms with E-state index in [-0.39, 0.29) is 23.4 Å². The van der Waals surface area contributed by atoms with E-state index in [1.54, 1.807) is 6.07 Å². The summed E-state index contributed by atoms with van der Waals surface area (Å²) in [6, 6.07) is 7.14. The summed E-state index contributed by atoms with van der Waals surface area (Å²) < 4.78 is 35.4. The zero-order chi connectivity index (χ0) is 27.4. The number of nitrogens with zero attached hydrogens (tertiary/aromatic N) is 5. The van der Waals surface area contributed by atoms with Crippen LogP contribution in [0.3, 0.4) is 0 Å². The van der Waals surface area contributed by atoms with Crippen LogP contribution in [0, 0.1) is 11.6 Å². The van der Waals surface area contributed by atoms with Crippen molar-refractivity contribution in [3.05, 3.63) is 53.9 Å². The molecule has 0 atom stereocenters. The molecule has 2 aliphatic heterocycles. The number of ether oxygens (including phenoxy) is 1. The van der Waals surface area contributed by atoms with E-state index in [0.717, 1.165) is 32.1 Å². The molecule has 0 radical (unpaired) electrons. The third-order valence-electron chi connectivity index (χ3n) is 7.72. The summed E-state index contributed by atoms with van der Waals surface area (Å²) in [5.41, 5.74) is 2.18. The molecule has 2 aliphatic rings. The average Bonchev–Trinajstić information content (AvgIpc) is 2.94. The second-order valence-corrected chi connectivity index (χ2v) is 10.8. The SMILES string of the molecule is CCCCCN1CCC(c2ccc(Nc3ncc(F)c(-c4cc(F)c5c(c4)N(C(C)C)CCO5)n3)nc2)CC1. The van der Waals surface area contributed by atoms with Gasteiger partial charge in [-0.25, -0.2) is 23.7 Å². The number of fused-ring (bicyclic) bond motifs is 1. The topological polar surface area (TPSA) is 66.4 Å². The van der Waals surface area contributed by atoms with E-state index in [9.17, 15) is 8.78 Å². The molecule has 0 aliphatic carbocycles. The van der Waals surface area contributed by atoms with Crippen LogP contribution in [0.4, 0.5) is 26.2 Å². The van der Waals surface area contributed by atoms with Crippen LogP contribution in [0.1, 0.15) is 64.4 Å². The molecule has 2 aromatic heterocycles. The lowest BCUT2D eigenvalue weighted by atomic mass is 9.90. The summed E-state index contributed by atoms with van der Waals surface area (Å²) in [5, 5.41) is 3.07. The van der Waals surface area contributed by atoms with Gasteiger partial charge in [0.05, 0.1) is 18.4 Å². The lowest BCUT2D eigenvalue weighted by Gasteiger charge is -2.34. The van der Waals surface area contributed by atoms with Crippen LogP contribution in [-0.2, 0) is 0 Å². The minimum Gasteiger partial charge on any atom is -0.486 e. The zero-order valence-electron chi connectivity index (χ0n) is 23.1. The van der Waals surface area contributed by atoms with E-state index in [4.69, 9.17) is 4.74 Å². The third-order valence-corrected chi connectivity index (χ3v) is 7.72. The van der Waals surface area contributed by atoms with Crippen LogP contribution in [-0.4, -0.2) is 58.7 Å². The quantitative estimate of drug-likeness (QED) is 0.312. The molecule has 3 aromatic rings. The van der Waals surface area contributed by atoms with E-state index in [1.165, 1.54) is 37.4 Å². The number of halogens is 2. The van der Waals surface area contributed by atoms with Crippen molar-refractivity contribution in [3.8, 4) is 17.0 Å². The monoisotopic (exact) mass is 536 g/mol. The lowest BCUT2D eigenvalue weighted by Crippen LogP contribution is -2.38. The molecule has 39 heavy (non-hydrogen) atoms. The van der Waals surface area contributed by atoms with Crippen LogP contribution in [0.2, 0.25) is 0 Å². The van der Waals surface area contributed by atoms with E-state index in [1.807, 2.05) is 31.0 Å². The number of benzene rings is 1. The predicted molar refractivity (Wildman–Crippen MR) is 151 cm³/mol. The fraction of sp³-hybridized carbons (Fsp3) is 0.500. The van der Waals surface area contributed by atoms with Crippen molar-refractivity contribution in [1.29, 1.82) is 0 Å². The van der Waals surface area contributed by atoms with E-state index < -0.39 is 11.6 Å². The molecule has 0 bridgehead atoms.